The lowest BCUT2D eigenvalue weighted by Gasteiger charge is -2.03. The highest BCUT2D eigenvalue weighted by molar-refractivity contribution is 5.75. The third-order valence-electron chi connectivity index (χ3n) is 2.32. The molecule has 2 rings (SSSR count). The van der Waals surface area contributed by atoms with Crippen LogP contribution in [0, 0.1) is 0 Å². The second kappa shape index (κ2) is 3.68. The summed E-state index contributed by atoms with van der Waals surface area (Å²) < 4.78 is 1.72. The van der Waals surface area contributed by atoms with E-state index < -0.39 is 11.9 Å². The molecular weight excluding hydrogens is 194 g/mol. The predicted molar refractivity (Wildman–Crippen MR) is 53.7 cm³/mol. The van der Waals surface area contributed by atoms with Crippen LogP contribution in [0.5, 0.6) is 0 Å². The van der Waals surface area contributed by atoms with E-state index in [4.69, 9.17) is 5.11 Å². The fraction of sp³-hybridized carbons (Fsp3) is 0.300. The highest BCUT2D eigenvalue weighted by Gasteiger charge is 2.20. The molecule has 0 unspecified atom stereocenters. The Hall–Kier alpha value is -1.91. The Balaban J connectivity index is 2.47. The van der Waals surface area contributed by atoms with Gasteiger partial charge in [0.2, 0.25) is 5.78 Å². The van der Waals surface area contributed by atoms with Gasteiger partial charge in [-0.25, -0.2) is 9.97 Å². The summed E-state index contributed by atoms with van der Waals surface area (Å²) in [5, 5.41) is 8.98. The monoisotopic (exact) mass is 205 g/mol. The van der Waals surface area contributed by atoms with E-state index in [1.807, 2.05) is 6.92 Å². The van der Waals surface area contributed by atoms with Gasteiger partial charge in [0.15, 0.2) is 0 Å². The molecule has 5 nitrogen and oxygen atoms in total. The third kappa shape index (κ3) is 1.68. The second-order valence-electron chi connectivity index (χ2n) is 3.29. The van der Waals surface area contributed by atoms with Crippen molar-refractivity contribution in [2.45, 2.75) is 19.3 Å². The molecule has 0 aliphatic carbocycles. The summed E-state index contributed by atoms with van der Waals surface area (Å²) in [4.78, 5) is 19.2. The minimum Gasteiger partial charge on any atom is -0.481 e. The van der Waals surface area contributed by atoms with E-state index in [9.17, 15) is 4.79 Å². The van der Waals surface area contributed by atoms with E-state index >= 15 is 0 Å². The molecule has 1 N–H and O–H groups in total. The average Bonchev–Trinajstić information content (AvgIpc) is 2.61. The molecule has 78 valence electrons. The maximum absolute atomic E-state index is 10.9. The van der Waals surface area contributed by atoms with Crippen molar-refractivity contribution in [3.8, 4) is 0 Å². The molecule has 5 heteroatoms. The molecule has 0 saturated carbocycles. The molecule has 2 aromatic heterocycles. The van der Waals surface area contributed by atoms with Gasteiger partial charge in [-0.1, -0.05) is 6.92 Å². The van der Waals surface area contributed by atoms with Gasteiger partial charge in [-0.15, -0.1) is 0 Å². The van der Waals surface area contributed by atoms with E-state index in [2.05, 4.69) is 9.97 Å². The molecule has 0 spiro atoms. The summed E-state index contributed by atoms with van der Waals surface area (Å²) >= 11 is 0. The number of carbonyl (C=O) groups is 1. The molecule has 0 aromatic carbocycles. The summed E-state index contributed by atoms with van der Waals surface area (Å²) in [6.45, 7) is 1.83. The maximum Gasteiger partial charge on any atom is 0.312 e. The van der Waals surface area contributed by atoms with Crippen LogP contribution in [-0.4, -0.2) is 25.4 Å². The molecule has 0 radical (unpaired) electrons. The molecule has 2 heterocycles. The Morgan fingerprint density at radius 2 is 2.47 bits per heavy atom. The van der Waals surface area contributed by atoms with Gasteiger partial charge in [0.1, 0.15) is 5.92 Å². The van der Waals surface area contributed by atoms with Gasteiger partial charge in [-0.3, -0.25) is 9.20 Å². The number of hydrogen-bond donors (Lipinski definition) is 1. The molecular formula is C10H11N3O2. The molecule has 0 amide bonds. The first-order valence-electron chi connectivity index (χ1n) is 4.74. The summed E-state index contributed by atoms with van der Waals surface area (Å²) in [5.74, 6) is -0.861. The van der Waals surface area contributed by atoms with Gasteiger partial charge in [0, 0.05) is 18.6 Å². The van der Waals surface area contributed by atoms with Gasteiger partial charge in [-0.2, -0.15) is 0 Å². The lowest BCUT2D eigenvalue weighted by molar-refractivity contribution is -0.138. The van der Waals surface area contributed by atoms with Crippen LogP contribution in [0.2, 0.25) is 0 Å². The van der Waals surface area contributed by atoms with E-state index in [1.165, 1.54) is 0 Å². The Morgan fingerprint density at radius 3 is 3.07 bits per heavy atom. The van der Waals surface area contributed by atoms with Crippen LogP contribution in [0.4, 0.5) is 0 Å². The zero-order valence-corrected chi connectivity index (χ0v) is 8.29. The first-order chi connectivity index (χ1) is 7.22. The number of nitrogens with zero attached hydrogens (tertiary/aromatic N) is 3. The van der Waals surface area contributed by atoms with Crippen LogP contribution in [0.1, 0.15) is 25.0 Å². The second-order valence-corrected chi connectivity index (χ2v) is 3.29. The molecule has 0 bridgehead atoms. The average molecular weight is 205 g/mol. The Kier molecular flexibility index (Phi) is 2.37. The first-order valence-corrected chi connectivity index (χ1v) is 4.74. The Morgan fingerprint density at radius 1 is 1.67 bits per heavy atom. The van der Waals surface area contributed by atoms with Gasteiger partial charge >= 0.3 is 5.97 Å². The molecule has 15 heavy (non-hydrogen) atoms. The predicted octanol–water partition coefficient (Wildman–Crippen LogP) is 1.31. The van der Waals surface area contributed by atoms with Crippen LogP contribution in [0.25, 0.3) is 5.78 Å². The maximum atomic E-state index is 10.9. The van der Waals surface area contributed by atoms with Crippen LogP contribution in [-0.2, 0) is 4.79 Å². The molecule has 2 aromatic rings. The van der Waals surface area contributed by atoms with Crippen LogP contribution >= 0.6 is 0 Å². The van der Waals surface area contributed by atoms with E-state index in [1.54, 1.807) is 29.1 Å². The van der Waals surface area contributed by atoms with Crippen LogP contribution in [0.15, 0.2) is 24.7 Å². The van der Waals surface area contributed by atoms with Crippen molar-refractivity contribution in [1.29, 1.82) is 0 Å². The molecule has 0 aliphatic rings. The Labute approximate surface area is 86.4 Å². The first kappa shape index (κ1) is 9.64. The molecule has 0 aliphatic heterocycles. The third-order valence-corrected chi connectivity index (χ3v) is 2.32. The van der Waals surface area contributed by atoms with Gasteiger partial charge in [0.05, 0.1) is 5.69 Å². The van der Waals surface area contributed by atoms with Crippen molar-refractivity contribution in [2.24, 2.45) is 0 Å². The topological polar surface area (TPSA) is 67.5 Å². The number of carboxylic acid groups (broad SMARTS) is 1. The quantitative estimate of drug-likeness (QED) is 0.820. The largest absolute Gasteiger partial charge is 0.481 e. The zero-order valence-electron chi connectivity index (χ0n) is 8.29. The zero-order chi connectivity index (χ0) is 10.8. The minimum absolute atomic E-state index is 0.527. The Bertz CT molecular complexity index is 459. The van der Waals surface area contributed by atoms with E-state index in [0.29, 0.717) is 17.9 Å². The number of rotatable bonds is 3. The smallest absolute Gasteiger partial charge is 0.312 e. The van der Waals surface area contributed by atoms with Crippen LogP contribution < -0.4 is 0 Å². The van der Waals surface area contributed by atoms with Crippen molar-refractivity contribution in [3.63, 3.8) is 0 Å². The molecule has 0 fully saturated rings. The normalized spacial score (nSPS) is 12.9. The number of hydrogen-bond acceptors (Lipinski definition) is 3. The summed E-state index contributed by atoms with van der Waals surface area (Å²) in [7, 11) is 0. The van der Waals surface area contributed by atoms with Gasteiger partial charge in [-0.05, 0) is 12.5 Å². The summed E-state index contributed by atoms with van der Waals surface area (Å²) in [6.07, 6.45) is 5.67. The number of aliphatic carboxylic acids is 1. The highest BCUT2D eigenvalue weighted by Crippen LogP contribution is 2.18. The number of imidazole rings is 1. The lowest BCUT2D eigenvalue weighted by Crippen LogP contribution is -2.10. The number of aromatic nitrogens is 3. The minimum atomic E-state index is -0.846. The van der Waals surface area contributed by atoms with Crippen molar-refractivity contribution in [3.05, 3.63) is 30.4 Å². The lowest BCUT2D eigenvalue weighted by atomic mass is 10.0. The summed E-state index contributed by atoms with van der Waals surface area (Å²) in [5.41, 5.74) is 0.559. The molecule has 1 atom stereocenters. The fourth-order valence-electron chi connectivity index (χ4n) is 1.53. The van der Waals surface area contributed by atoms with Gasteiger partial charge < -0.3 is 5.11 Å². The van der Waals surface area contributed by atoms with Crippen molar-refractivity contribution in [2.75, 3.05) is 0 Å². The van der Waals surface area contributed by atoms with Crippen molar-refractivity contribution < 1.29 is 9.90 Å². The number of fused-ring (bicyclic) bond motifs is 1. The SMILES string of the molecule is CC[C@H](C(=O)O)c1cn2cccnc2n1. The van der Waals surface area contributed by atoms with Crippen LogP contribution in [0.3, 0.4) is 0 Å². The summed E-state index contributed by atoms with van der Waals surface area (Å²) in [6, 6.07) is 1.78. The number of carboxylic acids is 1. The van der Waals surface area contributed by atoms with Crippen molar-refractivity contribution in [1.82, 2.24) is 14.4 Å². The van der Waals surface area contributed by atoms with E-state index in [0.717, 1.165) is 0 Å². The van der Waals surface area contributed by atoms with Crippen molar-refractivity contribution >= 4 is 11.7 Å². The van der Waals surface area contributed by atoms with E-state index in [-0.39, 0.29) is 0 Å². The fourth-order valence-corrected chi connectivity index (χ4v) is 1.53. The molecule has 0 saturated heterocycles. The standard InChI is InChI=1S/C10H11N3O2/c1-2-7(9(14)15)8-6-13-5-3-4-11-10(13)12-8/h3-7H,2H2,1H3,(H,14,15)/t7-/m0/s1. The van der Waals surface area contributed by atoms with Gasteiger partial charge in [0.25, 0.3) is 0 Å². The highest BCUT2D eigenvalue weighted by atomic mass is 16.4.